The van der Waals surface area contributed by atoms with Crippen molar-refractivity contribution >= 4 is 11.8 Å². The van der Waals surface area contributed by atoms with Gasteiger partial charge in [0.05, 0.1) is 0 Å². The fraction of sp³-hybridized carbons (Fsp3) is 0.600. The number of carbonyl (C=O) groups is 1. The highest BCUT2D eigenvalue weighted by molar-refractivity contribution is 5.88. The Kier molecular flexibility index (Phi) is 2.89. The van der Waals surface area contributed by atoms with Crippen molar-refractivity contribution in [2.75, 3.05) is 5.73 Å². The molecule has 2 rings (SSSR count). The van der Waals surface area contributed by atoms with E-state index in [1.165, 1.54) is 12.5 Å². The second kappa shape index (κ2) is 4.33. The van der Waals surface area contributed by atoms with Gasteiger partial charge in [-0.3, -0.25) is 5.10 Å². The molecule has 1 fully saturated rings. The van der Waals surface area contributed by atoms with Crippen molar-refractivity contribution in [3.8, 4) is 0 Å². The van der Waals surface area contributed by atoms with Crippen molar-refractivity contribution < 1.29 is 9.53 Å². The molecule has 0 radical (unpaired) electrons. The highest BCUT2D eigenvalue weighted by Gasteiger charge is 2.19. The molecule has 0 aliphatic heterocycles. The zero-order valence-electron chi connectivity index (χ0n) is 8.53. The SMILES string of the molecule is Nc1cc(C(=O)OC2CCCCC2)[nH]n1. The molecule has 82 valence electrons. The zero-order valence-corrected chi connectivity index (χ0v) is 8.53. The van der Waals surface area contributed by atoms with Crippen LogP contribution in [0.4, 0.5) is 5.82 Å². The summed E-state index contributed by atoms with van der Waals surface area (Å²) >= 11 is 0. The molecular weight excluding hydrogens is 194 g/mol. The van der Waals surface area contributed by atoms with E-state index in [-0.39, 0.29) is 12.1 Å². The number of nitrogens with one attached hydrogen (secondary N) is 1. The third-order valence-electron chi connectivity index (χ3n) is 2.64. The second-order valence-electron chi connectivity index (χ2n) is 3.87. The number of hydrogen-bond acceptors (Lipinski definition) is 4. The second-order valence-corrected chi connectivity index (χ2v) is 3.87. The Morgan fingerprint density at radius 2 is 2.20 bits per heavy atom. The van der Waals surface area contributed by atoms with Gasteiger partial charge in [0, 0.05) is 6.07 Å². The summed E-state index contributed by atoms with van der Waals surface area (Å²) in [5.41, 5.74) is 5.73. The third-order valence-corrected chi connectivity index (χ3v) is 2.64. The van der Waals surface area contributed by atoms with Crippen molar-refractivity contribution in [2.24, 2.45) is 0 Å². The molecule has 3 N–H and O–H groups in total. The summed E-state index contributed by atoms with van der Waals surface area (Å²) in [7, 11) is 0. The summed E-state index contributed by atoms with van der Waals surface area (Å²) in [5.74, 6) is -0.0447. The predicted octanol–water partition coefficient (Wildman–Crippen LogP) is 1.48. The summed E-state index contributed by atoms with van der Waals surface area (Å²) < 4.78 is 5.32. The number of anilines is 1. The van der Waals surface area contributed by atoms with Crippen molar-refractivity contribution in [3.63, 3.8) is 0 Å². The smallest absolute Gasteiger partial charge is 0.356 e. The van der Waals surface area contributed by atoms with Gasteiger partial charge < -0.3 is 10.5 Å². The van der Waals surface area contributed by atoms with Crippen molar-refractivity contribution in [3.05, 3.63) is 11.8 Å². The first-order valence-electron chi connectivity index (χ1n) is 5.27. The van der Waals surface area contributed by atoms with Gasteiger partial charge in [-0.05, 0) is 25.7 Å². The lowest BCUT2D eigenvalue weighted by Crippen LogP contribution is -2.21. The fourth-order valence-electron chi connectivity index (χ4n) is 1.84. The molecule has 1 heterocycles. The lowest BCUT2D eigenvalue weighted by molar-refractivity contribution is 0.0204. The minimum Gasteiger partial charge on any atom is -0.458 e. The molecule has 0 bridgehead atoms. The molecular formula is C10H15N3O2. The molecule has 0 amide bonds. The van der Waals surface area contributed by atoms with E-state index in [9.17, 15) is 4.79 Å². The number of esters is 1. The Balaban J connectivity index is 1.91. The molecule has 0 spiro atoms. The van der Waals surface area contributed by atoms with E-state index in [4.69, 9.17) is 10.5 Å². The minimum absolute atomic E-state index is 0.0655. The van der Waals surface area contributed by atoms with Crippen molar-refractivity contribution in [2.45, 2.75) is 38.2 Å². The average Bonchev–Trinajstić information content (AvgIpc) is 2.66. The summed E-state index contributed by atoms with van der Waals surface area (Å²) in [6, 6.07) is 1.49. The Bertz CT molecular complexity index is 342. The number of H-pyrrole nitrogens is 1. The number of nitrogens with two attached hydrogens (primary N) is 1. The first-order valence-corrected chi connectivity index (χ1v) is 5.27. The van der Waals surface area contributed by atoms with E-state index >= 15 is 0 Å². The minimum atomic E-state index is -0.355. The monoisotopic (exact) mass is 209 g/mol. The summed E-state index contributed by atoms with van der Waals surface area (Å²) in [6.07, 6.45) is 5.53. The largest absolute Gasteiger partial charge is 0.458 e. The van der Waals surface area contributed by atoms with Crippen LogP contribution in [-0.4, -0.2) is 22.3 Å². The summed E-state index contributed by atoms with van der Waals surface area (Å²) in [5, 5.41) is 6.23. The quantitative estimate of drug-likeness (QED) is 0.723. The molecule has 1 aliphatic rings. The number of aromatic nitrogens is 2. The van der Waals surface area contributed by atoms with Gasteiger partial charge in [0.25, 0.3) is 0 Å². The van der Waals surface area contributed by atoms with E-state index in [1.54, 1.807) is 0 Å². The molecule has 1 aromatic heterocycles. The number of ether oxygens (including phenoxy) is 1. The highest BCUT2D eigenvalue weighted by atomic mass is 16.5. The molecule has 0 unspecified atom stereocenters. The van der Waals surface area contributed by atoms with Gasteiger partial charge in [-0.1, -0.05) is 6.42 Å². The Labute approximate surface area is 88.0 Å². The molecule has 0 saturated heterocycles. The number of aromatic amines is 1. The van der Waals surface area contributed by atoms with Crippen LogP contribution >= 0.6 is 0 Å². The third kappa shape index (κ3) is 2.49. The van der Waals surface area contributed by atoms with E-state index in [2.05, 4.69) is 10.2 Å². The van der Waals surface area contributed by atoms with E-state index in [0.717, 1.165) is 25.7 Å². The maximum absolute atomic E-state index is 11.6. The number of nitrogens with zero attached hydrogens (tertiary/aromatic N) is 1. The first-order chi connectivity index (χ1) is 7.25. The van der Waals surface area contributed by atoms with Gasteiger partial charge in [-0.25, -0.2) is 4.79 Å². The first kappa shape index (κ1) is 10.0. The normalized spacial score (nSPS) is 17.6. The Hall–Kier alpha value is -1.52. The van der Waals surface area contributed by atoms with Gasteiger partial charge in [0.15, 0.2) is 0 Å². The molecule has 5 nitrogen and oxygen atoms in total. The average molecular weight is 209 g/mol. The molecule has 15 heavy (non-hydrogen) atoms. The number of hydrogen-bond donors (Lipinski definition) is 2. The van der Waals surface area contributed by atoms with E-state index in [1.807, 2.05) is 0 Å². The van der Waals surface area contributed by atoms with Crippen LogP contribution < -0.4 is 5.73 Å². The van der Waals surface area contributed by atoms with Crippen LogP contribution in [-0.2, 0) is 4.74 Å². The number of carbonyl (C=O) groups excluding carboxylic acids is 1. The molecule has 0 aromatic carbocycles. The van der Waals surface area contributed by atoms with Crippen LogP contribution in [0.15, 0.2) is 6.07 Å². The van der Waals surface area contributed by atoms with Crippen LogP contribution in [0.3, 0.4) is 0 Å². The molecule has 1 aromatic rings. The lowest BCUT2D eigenvalue weighted by atomic mass is 9.98. The molecule has 1 aliphatic carbocycles. The van der Waals surface area contributed by atoms with Crippen LogP contribution in [0.2, 0.25) is 0 Å². The summed E-state index contributed by atoms with van der Waals surface area (Å²) in [6.45, 7) is 0. The molecule has 1 saturated carbocycles. The number of rotatable bonds is 2. The predicted molar refractivity (Wildman–Crippen MR) is 55.3 cm³/mol. The van der Waals surface area contributed by atoms with Crippen LogP contribution in [0.1, 0.15) is 42.6 Å². The highest BCUT2D eigenvalue weighted by Crippen LogP contribution is 2.21. The topological polar surface area (TPSA) is 81.0 Å². The van der Waals surface area contributed by atoms with Crippen LogP contribution in [0.5, 0.6) is 0 Å². The van der Waals surface area contributed by atoms with Crippen LogP contribution in [0, 0.1) is 0 Å². The Morgan fingerprint density at radius 1 is 1.47 bits per heavy atom. The maximum Gasteiger partial charge on any atom is 0.356 e. The van der Waals surface area contributed by atoms with Gasteiger partial charge in [-0.2, -0.15) is 5.10 Å². The summed E-state index contributed by atoms with van der Waals surface area (Å²) in [4.78, 5) is 11.6. The standard InChI is InChI=1S/C10H15N3O2/c11-9-6-8(12-13-9)10(14)15-7-4-2-1-3-5-7/h6-7H,1-5H2,(H3,11,12,13). The van der Waals surface area contributed by atoms with Gasteiger partial charge in [-0.15, -0.1) is 0 Å². The fourth-order valence-corrected chi connectivity index (χ4v) is 1.84. The lowest BCUT2D eigenvalue weighted by Gasteiger charge is -2.21. The zero-order chi connectivity index (χ0) is 10.7. The maximum atomic E-state index is 11.6. The number of nitrogen functional groups attached to an aromatic ring is 1. The Morgan fingerprint density at radius 3 is 2.80 bits per heavy atom. The molecule has 5 heteroatoms. The van der Waals surface area contributed by atoms with Gasteiger partial charge >= 0.3 is 5.97 Å². The molecule has 0 atom stereocenters. The van der Waals surface area contributed by atoms with Gasteiger partial charge in [0.1, 0.15) is 17.6 Å². The van der Waals surface area contributed by atoms with Crippen molar-refractivity contribution in [1.29, 1.82) is 0 Å². The van der Waals surface area contributed by atoms with Gasteiger partial charge in [0.2, 0.25) is 0 Å². The van der Waals surface area contributed by atoms with Crippen molar-refractivity contribution in [1.82, 2.24) is 10.2 Å². The van der Waals surface area contributed by atoms with E-state index in [0.29, 0.717) is 11.5 Å². The van der Waals surface area contributed by atoms with E-state index < -0.39 is 0 Å². The van der Waals surface area contributed by atoms with Crippen LogP contribution in [0.25, 0.3) is 0 Å².